The van der Waals surface area contributed by atoms with E-state index in [1.165, 1.54) is 21.5 Å². The molecule has 0 unspecified atom stereocenters. The first-order valence-corrected chi connectivity index (χ1v) is 23.6. The van der Waals surface area contributed by atoms with Gasteiger partial charge in [-0.05, 0) is 60.7 Å². The average molecular weight is 895 g/mol. The number of hydrogen-bond acceptors (Lipinski definition) is 4. The molecule has 7 nitrogen and oxygen atoms in total. The van der Waals surface area contributed by atoms with Gasteiger partial charge in [0.05, 0.1) is 55.4 Å². The minimum Gasteiger partial charge on any atom is -0.455 e. The first kappa shape index (κ1) is 38.5. The molecule has 0 spiro atoms. The van der Waals surface area contributed by atoms with Crippen molar-refractivity contribution in [2.45, 2.75) is 0 Å². The first-order chi connectivity index (χ1) is 34.8. The minimum absolute atomic E-state index is 0.533. The summed E-state index contributed by atoms with van der Waals surface area (Å²) in [7, 11) is 0. The third-order valence-corrected chi connectivity index (χ3v) is 14.1. The van der Waals surface area contributed by atoms with Crippen LogP contribution in [0.1, 0.15) is 0 Å². The summed E-state index contributed by atoms with van der Waals surface area (Å²) >= 11 is 0. The second-order valence-corrected chi connectivity index (χ2v) is 17.9. The molecule has 0 amide bonds. The highest BCUT2D eigenvalue weighted by Crippen LogP contribution is 2.48. The summed E-state index contributed by atoms with van der Waals surface area (Å²) in [5, 5.41) is 9.05. The molecular weight excluding hydrogens is 857 g/mol. The molecule has 0 fully saturated rings. The summed E-state index contributed by atoms with van der Waals surface area (Å²) in [5.74, 6) is 1.72. The fourth-order valence-electron chi connectivity index (χ4n) is 11.1. The summed E-state index contributed by atoms with van der Waals surface area (Å²) in [6.45, 7) is 0. The van der Waals surface area contributed by atoms with Crippen LogP contribution >= 0.6 is 0 Å². The molecule has 0 aliphatic rings. The summed E-state index contributed by atoms with van der Waals surface area (Å²) in [6, 6.07) is 81.5. The molecule has 0 aliphatic carbocycles. The number of aromatic nitrogens is 6. The van der Waals surface area contributed by atoms with Crippen molar-refractivity contribution in [3.8, 4) is 51.2 Å². The number of benzene rings is 10. The lowest BCUT2D eigenvalue weighted by Crippen LogP contribution is -2.03. The van der Waals surface area contributed by atoms with Gasteiger partial charge in [0.1, 0.15) is 11.2 Å². The first-order valence-electron chi connectivity index (χ1n) is 23.6. The van der Waals surface area contributed by atoms with Gasteiger partial charge in [-0.1, -0.05) is 170 Å². The largest absolute Gasteiger partial charge is 0.455 e. The maximum Gasteiger partial charge on any atom is 0.167 e. The van der Waals surface area contributed by atoms with E-state index in [4.69, 9.17) is 19.4 Å². The number of nitrogens with zero attached hydrogens (tertiary/aromatic N) is 6. The minimum atomic E-state index is 0.533. The van der Waals surface area contributed by atoms with Crippen LogP contribution in [0, 0.1) is 0 Å². The van der Waals surface area contributed by atoms with E-state index < -0.39 is 0 Å². The lowest BCUT2D eigenvalue weighted by molar-refractivity contribution is 0.669. The van der Waals surface area contributed by atoms with Crippen molar-refractivity contribution >= 4 is 87.4 Å². The van der Waals surface area contributed by atoms with Gasteiger partial charge in [0.15, 0.2) is 17.5 Å². The Morgan fingerprint density at radius 1 is 0.314 bits per heavy atom. The molecule has 0 radical (unpaired) electrons. The predicted molar refractivity (Wildman–Crippen MR) is 286 cm³/mol. The molecule has 0 aliphatic heterocycles. The van der Waals surface area contributed by atoms with Crippen molar-refractivity contribution in [2.24, 2.45) is 0 Å². The van der Waals surface area contributed by atoms with Gasteiger partial charge in [0.2, 0.25) is 0 Å². The molecule has 326 valence electrons. The maximum absolute atomic E-state index is 7.07. The Morgan fingerprint density at radius 3 is 1.40 bits per heavy atom. The third-order valence-electron chi connectivity index (χ3n) is 14.1. The zero-order valence-corrected chi connectivity index (χ0v) is 37.5. The fraction of sp³-hybridized carbons (Fsp3) is 0. The SMILES string of the molecule is c1ccc(-c2nc(-c3ccccc3)nc(-c3ccc(-n4c5ccccc5c5c4c(-n4c6ccccc6c6ccccc64)cc4c6ccccc6n(-c6ccccc6)c45)c4c3oc3ccccc34)n2)cc1. The standard InChI is InChI=1S/C63H38N6O/c1-4-20-39(21-5-1)61-64-62(40-22-6-2-7-23-40)66-63(65-61)47-36-37-53(56-46-30-14-19-35-55(46)70-60(47)56)69-52-34-18-13-29-45(52)57-58-48(44-28-12-15-31-49(44)67(58)41-24-8-3-9-25-41)38-54(59(57)69)68-50-32-16-10-26-42(50)43-27-11-17-33-51(43)68/h1-38H. The summed E-state index contributed by atoms with van der Waals surface area (Å²) in [4.78, 5) is 15.5. The van der Waals surface area contributed by atoms with E-state index in [0.29, 0.717) is 23.1 Å². The van der Waals surface area contributed by atoms with E-state index in [1.807, 2.05) is 66.7 Å². The molecule has 10 aromatic carbocycles. The monoisotopic (exact) mass is 894 g/mol. The molecule has 0 saturated carbocycles. The number of fused-ring (bicyclic) bond motifs is 13. The smallest absolute Gasteiger partial charge is 0.167 e. The van der Waals surface area contributed by atoms with Crippen LogP contribution < -0.4 is 0 Å². The van der Waals surface area contributed by atoms with E-state index >= 15 is 0 Å². The molecule has 0 saturated heterocycles. The Hall–Kier alpha value is -9.59. The predicted octanol–water partition coefficient (Wildman–Crippen LogP) is 16.1. The van der Waals surface area contributed by atoms with Crippen LogP contribution in [0.3, 0.4) is 0 Å². The molecule has 70 heavy (non-hydrogen) atoms. The molecule has 5 heterocycles. The van der Waals surface area contributed by atoms with Crippen LogP contribution in [0.4, 0.5) is 0 Å². The van der Waals surface area contributed by atoms with Crippen molar-refractivity contribution in [2.75, 3.05) is 0 Å². The highest BCUT2D eigenvalue weighted by atomic mass is 16.3. The van der Waals surface area contributed by atoms with Gasteiger partial charge in [-0.25, -0.2) is 15.0 Å². The lowest BCUT2D eigenvalue weighted by atomic mass is 10.0. The van der Waals surface area contributed by atoms with Crippen molar-refractivity contribution in [1.82, 2.24) is 28.7 Å². The van der Waals surface area contributed by atoms with Gasteiger partial charge in [-0.2, -0.15) is 0 Å². The number of rotatable bonds is 6. The highest BCUT2D eigenvalue weighted by Gasteiger charge is 2.28. The van der Waals surface area contributed by atoms with Gasteiger partial charge in [-0.3, -0.25) is 0 Å². The molecule has 0 bridgehead atoms. The maximum atomic E-state index is 7.07. The van der Waals surface area contributed by atoms with Gasteiger partial charge in [0, 0.05) is 54.5 Å². The van der Waals surface area contributed by atoms with Gasteiger partial charge in [0.25, 0.3) is 0 Å². The van der Waals surface area contributed by atoms with Crippen molar-refractivity contribution < 1.29 is 4.42 Å². The Bertz CT molecular complexity index is 4470. The number of para-hydroxylation sites is 6. The Balaban J connectivity index is 1.13. The zero-order chi connectivity index (χ0) is 45.9. The Kier molecular flexibility index (Phi) is 8.23. The molecule has 15 aromatic rings. The molecule has 0 N–H and O–H groups in total. The van der Waals surface area contributed by atoms with Gasteiger partial charge >= 0.3 is 0 Å². The molecule has 0 atom stereocenters. The Morgan fingerprint density at radius 2 is 0.786 bits per heavy atom. The van der Waals surface area contributed by atoms with Crippen molar-refractivity contribution in [1.29, 1.82) is 0 Å². The second-order valence-electron chi connectivity index (χ2n) is 17.9. The van der Waals surface area contributed by atoms with Crippen LogP contribution in [0.15, 0.2) is 235 Å². The van der Waals surface area contributed by atoms with E-state index in [9.17, 15) is 0 Å². The third kappa shape index (κ3) is 5.54. The number of hydrogen-bond donors (Lipinski definition) is 0. The van der Waals surface area contributed by atoms with Crippen LogP contribution in [0.2, 0.25) is 0 Å². The van der Waals surface area contributed by atoms with E-state index in [-0.39, 0.29) is 0 Å². The Labute approximate surface area is 400 Å². The molecule has 15 rings (SSSR count). The van der Waals surface area contributed by atoms with E-state index in [2.05, 4.69) is 177 Å². The van der Waals surface area contributed by atoms with Crippen LogP contribution in [0.5, 0.6) is 0 Å². The lowest BCUT2D eigenvalue weighted by Gasteiger charge is -2.17. The normalized spacial score (nSPS) is 12.0. The number of furan rings is 1. The van der Waals surface area contributed by atoms with Crippen LogP contribution in [-0.4, -0.2) is 28.7 Å². The quantitative estimate of drug-likeness (QED) is 0.167. The zero-order valence-electron chi connectivity index (χ0n) is 37.5. The summed E-state index contributed by atoms with van der Waals surface area (Å²) in [6.07, 6.45) is 0. The topological polar surface area (TPSA) is 66.6 Å². The van der Waals surface area contributed by atoms with Crippen molar-refractivity contribution in [3.63, 3.8) is 0 Å². The van der Waals surface area contributed by atoms with E-state index in [0.717, 1.165) is 94.0 Å². The fourth-order valence-corrected chi connectivity index (χ4v) is 11.1. The van der Waals surface area contributed by atoms with Crippen LogP contribution in [-0.2, 0) is 0 Å². The van der Waals surface area contributed by atoms with Crippen LogP contribution in [0.25, 0.3) is 139 Å². The molecule has 5 aromatic heterocycles. The van der Waals surface area contributed by atoms with Crippen molar-refractivity contribution in [3.05, 3.63) is 231 Å². The second kappa shape index (κ2) is 15.0. The average Bonchev–Trinajstić information content (AvgIpc) is 4.18. The van der Waals surface area contributed by atoms with Gasteiger partial charge in [-0.15, -0.1) is 0 Å². The molecular formula is C63H38N6O. The summed E-state index contributed by atoms with van der Waals surface area (Å²) < 4.78 is 14.5. The van der Waals surface area contributed by atoms with Gasteiger partial charge < -0.3 is 18.1 Å². The molecule has 7 heteroatoms. The van der Waals surface area contributed by atoms with E-state index in [1.54, 1.807) is 0 Å². The highest BCUT2D eigenvalue weighted by molar-refractivity contribution is 6.29. The summed E-state index contributed by atoms with van der Waals surface area (Å²) in [5.41, 5.74) is 14.0.